The van der Waals surface area contributed by atoms with Gasteiger partial charge in [-0.15, -0.1) is 0 Å². The standard InChI is InChI=1S/C18H10N2S/c1-2-4-13-10-15-14(9-12(13)3-1)6-5-11-7-8-16-18(17(11)15)20-21-19-16/h1-10H. The third kappa shape index (κ3) is 1.52. The lowest BCUT2D eigenvalue weighted by molar-refractivity contribution is 1.68. The van der Waals surface area contributed by atoms with E-state index in [4.69, 9.17) is 0 Å². The van der Waals surface area contributed by atoms with Gasteiger partial charge in [-0.1, -0.05) is 42.5 Å². The maximum Gasteiger partial charge on any atom is 0.113 e. The Bertz CT molecular complexity index is 1140. The molecule has 5 rings (SSSR count). The third-order valence-corrected chi connectivity index (χ3v) is 4.63. The molecule has 0 unspecified atom stereocenters. The molecule has 0 aliphatic carbocycles. The molecular weight excluding hydrogens is 276 g/mol. The van der Waals surface area contributed by atoms with Crippen molar-refractivity contribution >= 4 is 55.1 Å². The molecule has 0 aliphatic rings. The van der Waals surface area contributed by atoms with Gasteiger partial charge in [-0.2, -0.15) is 8.75 Å². The van der Waals surface area contributed by atoms with E-state index in [0.29, 0.717) is 0 Å². The Morgan fingerprint density at radius 1 is 0.667 bits per heavy atom. The Hall–Kier alpha value is -2.52. The fourth-order valence-corrected chi connectivity index (χ4v) is 3.62. The Balaban J connectivity index is 2.11. The second-order valence-electron chi connectivity index (χ2n) is 5.28. The van der Waals surface area contributed by atoms with Gasteiger partial charge in [-0.3, -0.25) is 0 Å². The zero-order valence-corrected chi connectivity index (χ0v) is 11.9. The van der Waals surface area contributed by atoms with Crippen LogP contribution in [-0.4, -0.2) is 8.75 Å². The van der Waals surface area contributed by atoms with Crippen molar-refractivity contribution in [1.82, 2.24) is 8.75 Å². The SMILES string of the molecule is c1ccc2cc3c(ccc4ccc5nsnc5c43)cc2c1. The first kappa shape index (κ1) is 11.2. The highest BCUT2D eigenvalue weighted by molar-refractivity contribution is 7.00. The first-order valence-corrected chi connectivity index (χ1v) is 7.60. The molecule has 98 valence electrons. The van der Waals surface area contributed by atoms with E-state index in [1.54, 1.807) is 0 Å². The molecule has 2 nitrogen and oxygen atoms in total. The predicted octanol–water partition coefficient (Wildman–Crippen LogP) is 5.15. The Morgan fingerprint density at radius 2 is 1.43 bits per heavy atom. The molecule has 0 saturated heterocycles. The summed E-state index contributed by atoms with van der Waals surface area (Å²) >= 11 is 1.28. The van der Waals surface area contributed by atoms with Crippen LogP contribution in [0.15, 0.2) is 60.7 Å². The van der Waals surface area contributed by atoms with E-state index in [0.717, 1.165) is 11.0 Å². The summed E-state index contributed by atoms with van der Waals surface area (Å²) in [4.78, 5) is 0. The Labute approximate surface area is 125 Å². The summed E-state index contributed by atoms with van der Waals surface area (Å²) in [6.07, 6.45) is 0. The van der Waals surface area contributed by atoms with E-state index >= 15 is 0 Å². The molecule has 0 saturated carbocycles. The molecule has 0 bridgehead atoms. The normalized spacial score (nSPS) is 11.8. The lowest BCUT2D eigenvalue weighted by Crippen LogP contribution is -1.81. The minimum Gasteiger partial charge on any atom is -0.173 e. The Morgan fingerprint density at radius 3 is 2.33 bits per heavy atom. The van der Waals surface area contributed by atoms with Crippen LogP contribution in [0, 0.1) is 0 Å². The molecule has 0 amide bonds. The molecule has 0 fully saturated rings. The van der Waals surface area contributed by atoms with Crippen molar-refractivity contribution in [2.24, 2.45) is 0 Å². The van der Waals surface area contributed by atoms with Crippen LogP contribution in [-0.2, 0) is 0 Å². The number of nitrogens with zero attached hydrogens (tertiary/aromatic N) is 2. The van der Waals surface area contributed by atoms with Crippen molar-refractivity contribution in [3.05, 3.63) is 60.7 Å². The maximum absolute atomic E-state index is 4.51. The molecule has 21 heavy (non-hydrogen) atoms. The van der Waals surface area contributed by atoms with Gasteiger partial charge in [-0.25, -0.2) is 0 Å². The lowest BCUT2D eigenvalue weighted by Gasteiger charge is -2.06. The summed E-state index contributed by atoms with van der Waals surface area (Å²) in [5, 5.41) is 7.47. The number of aromatic nitrogens is 2. The molecule has 0 radical (unpaired) electrons. The van der Waals surface area contributed by atoms with Crippen LogP contribution in [0.2, 0.25) is 0 Å². The van der Waals surface area contributed by atoms with Gasteiger partial charge in [0.1, 0.15) is 11.0 Å². The van der Waals surface area contributed by atoms with E-state index in [9.17, 15) is 0 Å². The van der Waals surface area contributed by atoms with Gasteiger partial charge in [-0.05, 0) is 45.1 Å². The summed E-state index contributed by atoms with van der Waals surface area (Å²) < 4.78 is 8.88. The summed E-state index contributed by atoms with van der Waals surface area (Å²) in [5.74, 6) is 0. The van der Waals surface area contributed by atoms with E-state index in [2.05, 4.69) is 63.3 Å². The van der Waals surface area contributed by atoms with Gasteiger partial charge in [0.25, 0.3) is 0 Å². The van der Waals surface area contributed by atoms with Crippen molar-refractivity contribution in [3.63, 3.8) is 0 Å². The fraction of sp³-hybridized carbons (Fsp3) is 0. The number of benzene rings is 4. The smallest absolute Gasteiger partial charge is 0.113 e. The van der Waals surface area contributed by atoms with Gasteiger partial charge in [0, 0.05) is 5.39 Å². The zero-order chi connectivity index (χ0) is 13.8. The first-order chi connectivity index (χ1) is 10.4. The zero-order valence-electron chi connectivity index (χ0n) is 11.1. The maximum atomic E-state index is 4.51. The third-order valence-electron chi connectivity index (χ3n) is 4.09. The molecule has 5 aromatic rings. The van der Waals surface area contributed by atoms with Crippen LogP contribution in [0.3, 0.4) is 0 Å². The summed E-state index contributed by atoms with van der Waals surface area (Å²) in [6, 6.07) is 21.5. The summed E-state index contributed by atoms with van der Waals surface area (Å²) in [7, 11) is 0. The monoisotopic (exact) mass is 286 g/mol. The van der Waals surface area contributed by atoms with Crippen molar-refractivity contribution in [1.29, 1.82) is 0 Å². The largest absolute Gasteiger partial charge is 0.173 e. The van der Waals surface area contributed by atoms with Crippen LogP contribution in [0.25, 0.3) is 43.4 Å². The number of hydrogen-bond donors (Lipinski definition) is 0. The number of hydrogen-bond acceptors (Lipinski definition) is 3. The number of fused-ring (bicyclic) bond motifs is 6. The molecule has 1 aromatic heterocycles. The average molecular weight is 286 g/mol. The van der Waals surface area contributed by atoms with E-state index < -0.39 is 0 Å². The van der Waals surface area contributed by atoms with Gasteiger partial charge < -0.3 is 0 Å². The van der Waals surface area contributed by atoms with Crippen LogP contribution < -0.4 is 0 Å². The lowest BCUT2D eigenvalue weighted by atomic mass is 9.97. The average Bonchev–Trinajstić information content (AvgIpc) is 3.01. The molecular formula is C18H10N2S. The molecule has 0 spiro atoms. The predicted molar refractivity (Wildman–Crippen MR) is 89.9 cm³/mol. The molecule has 0 aliphatic heterocycles. The topological polar surface area (TPSA) is 25.8 Å². The molecule has 4 aromatic carbocycles. The summed E-state index contributed by atoms with van der Waals surface area (Å²) in [6.45, 7) is 0. The van der Waals surface area contributed by atoms with E-state index in [1.807, 2.05) is 6.07 Å². The molecule has 0 N–H and O–H groups in total. The summed E-state index contributed by atoms with van der Waals surface area (Å²) in [5.41, 5.74) is 1.99. The van der Waals surface area contributed by atoms with Crippen molar-refractivity contribution < 1.29 is 0 Å². The minimum absolute atomic E-state index is 0.980. The first-order valence-electron chi connectivity index (χ1n) is 6.87. The second kappa shape index (κ2) is 3.99. The highest BCUT2D eigenvalue weighted by atomic mass is 32.1. The van der Waals surface area contributed by atoms with Crippen LogP contribution in [0.4, 0.5) is 0 Å². The van der Waals surface area contributed by atoms with Gasteiger partial charge >= 0.3 is 0 Å². The van der Waals surface area contributed by atoms with Crippen LogP contribution in [0.1, 0.15) is 0 Å². The fourth-order valence-electron chi connectivity index (χ4n) is 3.08. The highest BCUT2D eigenvalue weighted by Crippen LogP contribution is 2.33. The van der Waals surface area contributed by atoms with Gasteiger partial charge in [0.15, 0.2) is 0 Å². The second-order valence-corrected chi connectivity index (χ2v) is 5.81. The highest BCUT2D eigenvalue weighted by Gasteiger charge is 2.09. The van der Waals surface area contributed by atoms with Crippen LogP contribution in [0.5, 0.6) is 0 Å². The molecule has 0 atom stereocenters. The van der Waals surface area contributed by atoms with Gasteiger partial charge in [0.05, 0.1) is 11.7 Å². The Kier molecular flexibility index (Phi) is 2.12. The van der Waals surface area contributed by atoms with Crippen molar-refractivity contribution in [3.8, 4) is 0 Å². The molecule has 1 heterocycles. The minimum atomic E-state index is 0.980. The quantitative estimate of drug-likeness (QED) is 0.290. The van der Waals surface area contributed by atoms with Crippen molar-refractivity contribution in [2.75, 3.05) is 0 Å². The number of rotatable bonds is 0. The van der Waals surface area contributed by atoms with Crippen molar-refractivity contribution in [2.45, 2.75) is 0 Å². The van der Waals surface area contributed by atoms with E-state index in [-0.39, 0.29) is 0 Å². The van der Waals surface area contributed by atoms with E-state index in [1.165, 1.54) is 44.0 Å². The molecule has 3 heteroatoms. The van der Waals surface area contributed by atoms with Crippen LogP contribution >= 0.6 is 11.7 Å². The van der Waals surface area contributed by atoms with Gasteiger partial charge in [0.2, 0.25) is 0 Å².